The Labute approximate surface area is 146 Å². The minimum Gasteiger partial charge on any atom is -0.438 e. The van der Waals surface area contributed by atoms with E-state index in [-0.39, 0.29) is 11.9 Å². The summed E-state index contributed by atoms with van der Waals surface area (Å²) >= 11 is 0. The summed E-state index contributed by atoms with van der Waals surface area (Å²) in [4.78, 5) is 16.9. The van der Waals surface area contributed by atoms with Crippen molar-refractivity contribution in [1.29, 1.82) is 0 Å². The Morgan fingerprint density at radius 2 is 2.00 bits per heavy atom. The molecule has 2 aromatic heterocycles. The summed E-state index contributed by atoms with van der Waals surface area (Å²) in [7, 11) is 3.55. The molecule has 7 heteroatoms. The fourth-order valence-corrected chi connectivity index (χ4v) is 2.62. The van der Waals surface area contributed by atoms with Crippen LogP contribution >= 0.6 is 0 Å². The van der Waals surface area contributed by atoms with Crippen LogP contribution in [0.2, 0.25) is 0 Å². The third-order valence-electron chi connectivity index (χ3n) is 3.92. The highest BCUT2D eigenvalue weighted by molar-refractivity contribution is 5.83. The van der Waals surface area contributed by atoms with Crippen molar-refractivity contribution in [2.45, 2.75) is 19.0 Å². The maximum atomic E-state index is 12.6. The van der Waals surface area contributed by atoms with Crippen molar-refractivity contribution in [3.05, 3.63) is 60.4 Å². The van der Waals surface area contributed by atoms with Crippen molar-refractivity contribution in [3.8, 4) is 11.3 Å². The highest BCUT2D eigenvalue weighted by atomic mass is 16.4. The van der Waals surface area contributed by atoms with Gasteiger partial charge in [-0.25, -0.2) is 4.98 Å². The zero-order valence-corrected chi connectivity index (χ0v) is 14.4. The lowest BCUT2D eigenvalue weighted by Gasteiger charge is -2.17. The third kappa shape index (κ3) is 3.77. The Morgan fingerprint density at radius 1 is 1.24 bits per heavy atom. The molecule has 0 aliphatic rings. The van der Waals surface area contributed by atoms with E-state index in [1.54, 1.807) is 24.1 Å². The van der Waals surface area contributed by atoms with Crippen LogP contribution in [0, 0.1) is 0 Å². The highest BCUT2D eigenvalue weighted by Crippen LogP contribution is 2.23. The van der Waals surface area contributed by atoms with E-state index in [0.29, 0.717) is 11.7 Å². The van der Waals surface area contributed by atoms with Crippen LogP contribution in [0.1, 0.15) is 30.5 Å². The van der Waals surface area contributed by atoms with Crippen LogP contribution < -0.4 is 10.6 Å². The molecular weight excluding hydrogens is 318 g/mol. The van der Waals surface area contributed by atoms with Crippen LogP contribution in [-0.2, 0) is 11.8 Å². The van der Waals surface area contributed by atoms with Gasteiger partial charge in [-0.05, 0) is 14.0 Å². The lowest BCUT2D eigenvalue weighted by atomic mass is 10.1. The first-order valence-electron chi connectivity index (χ1n) is 8.06. The molecule has 2 heterocycles. The number of hydrogen-bond donors (Lipinski definition) is 2. The van der Waals surface area contributed by atoms with E-state index in [1.165, 1.54) is 0 Å². The Kier molecular flexibility index (Phi) is 4.95. The molecule has 0 saturated heterocycles. The van der Waals surface area contributed by atoms with Crippen molar-refractivity contribution >= 4 is 5.91 Å². The van der Waals surface area contributed by atoms with E-state index in [2.05, 4.69) is 20.7 Å². The number of rotatable bonds is 6. The number of nitrogens with zero attached hydrogens (tertiary/aromatic N) is 3. The van der Waals surface area contributed by atoms with Gasteiger partial charge in [0.2, 0.25) is 11.8 Å². The molecule has 1 aromatic carbocycles. The molecule has 0 radical (unpaired) electrons. The number of carbonyl (C=O) groups is 1. The van der Waals surface area contributed by atoms with Crippen molar-refractivity contribution in [2.75, 3.05) is 7.05 Å². The maximum absolute atomic E-state index is 12.6. The second-order valence-electron chi connectivity index (χ2n) is 5.83. The maximum Gasteiger partial charge on any atom is 0.242 e. The average Bonchev–Trinajstić information content (AvgIpc) is 3.26. The Bertz CT molecular complexity index is 840. The van der Waals surface area contributed by atoms with Gasteiger partial charge in [0, 0.05) is 24.4 Å². The summed E-state index contributed by atoms with van der Waals surface area (Å²) in [6, 6.07) is 8.89. The predicted molar refractivity (Wildman–Crippen MR) is 93.5 cm³/mol. The third-order valence-corrected chi connectivity index (χ3v) is 3.92. The predicted octanol–water partition coefficient (Wildman–Crippen LogP) is 2.21. The summed E-state index contributed by atoms with van der Waals surface area (Å²) in [5.74, 6) is 0.977. The smallest absolute Gasteiger partial charge is 0.242 e. The molecule has 3 aromatic rings. The lowest BCUT2D eigenvalue weighted by Crippen LogP contribution is -2.37. The molecule has 0 spiro atoms. The number of nitrogens with one attached hydrogen (secondary N) is 2. The molecule has 3 rings (SSSR count). The van der Waals surface area contributed by atoms with Crippen molar-refractivity contribution in [3.63, 3.8) is 0 Å². The number of carbonyl (C=O) groups excluding carboxylic acids is 1. The molecule has 1 amide bonds. The number of amides is 1. The summed E-state index contributed by atoms with van der Waals surface area (Å²) < 4.78 is 7.46. The minimum absolute atomic E-state index is 0.164. The van der Waals surface area contributed by atoms with Crippen LogP contribution in [-0.4, -0.2) is 27.7 Å². The number of oxazole rings is 1. The summed E-state index contributed by atoms with van der Waals surface area (Å²) in [6.45, 7) is 1.84. The fraction of sp³-hybridized carbons (Fsp3) is 0.278. The minimum atomic E-state index is -0.486. The van der Waals surface area contributed by atoms with Gasteiger partial charge in [-0.3, -0.25) is 9.48 Å². The zero-order valence-electron chi connectivity index (χ0n) is 14.4. The van der Waals surface area contributed by atoms with Crippen LogP contribution in [0.4, 0.5) is 0 Å². The van der Waals surface area contributed by atoms with Crippen molar-refractivity contribution < 1.29 is 9.21 Å². The van der Waals surface area contributed by atoms with Gasteiger partial charge in [-0.2, -0.15) is 5.10 Å². The van der Waals surface area contributed by atoms with Gasteiger partial charge in [-0.15, -0.1) is 0 Å². The molecule has 2 N–H and O–H groups in total. The van der Waals surface area contributed by atoms with E-state index in [4.69, 9.17) is 4.42 Å². The Morgan fingerprint density at radius 3 is 2.64 bits per heavy atom. The monoisotopic (exact) mass is 339 g/mol. The van der Waals surface area contributed by atoms with E-state index >= 15 is 0 Å². The molecule has 0 aliphatic carbocycles. The summed E-state index contributed by atoms with van der Waals surface area (Å²) in [5.41, 5.74) is 1.75. The normalized spacial score (nSPS) is 13.4. The molecule has 25 heavy (non-hydrogen) atoms. The average molecular weight is 339 g/mol. The molecule has 7 nitrogen and oxygen atoms in total. The quantitative estimate of drug-likeness (QED) is 0.719. The SMILES string of the molecule is CNC(C(=O)NC(C)c1ncc(-c2ccccc2)o1)c1cnn(C)c1. The van der Waals surface area contributed by atoms with Gasteiger partial charge in [-0.1, -0.05) is 30.3 Å². The number of aryl methyl sites for hydroxylation is 1. The molecule has 2 unspecified atom stereocenters. The number of hydrogen-bond acceptors (Lipinski definition) is 5. The summed E-state index contributed by atoms with van der Waals surface area (Å²) in [6.07, 6.45) is 5.15. The van der Waals surface area contributed by atoms with Crippen molar-refractivity contribution in [2.24, 2.45) is 7.05 Å². The van der Waals surface area contributed by atoms with E-state index in [0.717, 1.165) is 11.1 Å². The highest BCUT2D eigenvalue weighted by Gasteiger charge is 2.23. The first kappa shape index (κ1) is 16.9. The van der Waals surface area contributed by atoms with E-state index in [1.807, 2.05) is 50.5 Å². The molecule has 0 fully saturated rings. The van der Waals surface area contributed by atoms with Crippen LogP contribution in [0.3, 0.4) is 0 Å². The molecule has 0 aliphatic heterocycles. The molecule has 0 bridgehead atoms. The second kappa shape index (κ2) is 7.31. The van der Waals surface area contributed by atoms with Crippen LogP contribution in [0.25, 0.3) is 11.3 Å². The second-order valence-corrected chi connectivity index (χ2v) is 5.83. The molecule has 0 saturated carbocycles. The van der Waals surface area contributed by atoms with Gasteiger partial charge in [0.05, 0.1) is 12.4 Å². The van der Waals surface area contributed by atoms with Gasteiger partial charge in [0.1, 0.15) is 12.1 Å². The van der Waals surface area contributed by atoms with E-state index < -0.39 is 6.04 Å². The van der Waals surface area contributed by atoms with Crippen LogP contribution in [0.5, 0.6) is 0 Å². The Hall–Kier alpha value is -2.93. The first-order valence-corrected chi connectivity index (χ1v) is 8.06. The zero-order chi connectivity index (χ0) is 17.8. The largest absolute Gasteiger partial charge is 0.438 e. The van der Waals surface area contributed by atoms with Crippen molar-refractivity contribution in [1.82, 2.24) is 25.4 Å². The topological polar surface area (TPSA) is 85.0 Å². The molecule has 2 atom stereocenters. The van der Waals surface area contributed by atoms with Crippen LogP contribution in [0.15, 0.2) is 53.3 Å². The molecular formula is C18H21N5O2. The number of likely N-dealkylation sites (N-methyl/N-ethyl adjacent to an activating group) is 1. The Balaban J connectivity index is 1.70. The number of aromatic nitrogens is 3. The number of benzene rings is 1. The molecule has 130 valence electrons. The van der Waals surface area contributed by atoms with Gasteiger partial charge in [0.25, 0.3) is 0 Å². The van der Waals surface area contributed by atoms with E-state index in [9.17, 15) is 4.79 Å². The lowest BCUT2D eigenvalue weighted by molar-refractivity contribution is -0.124. The van der Waals surface area contributed by atoms with Gasteiger partial charge in [0.15, 0.2) is 5.76 Å². The first-order chi connectivity index (χ1) is 12.1. The van der Waals surface area contributed by atoms with Gasteiger partial charge >= 0.3 is 0 Å². The standard InChI is InChI=1S/C18H21N5O2/c1-12(18-20-10-15(25-18)13-7-5-4-6-8-13)22-17(24)16(19-2)14-9-21-23(3)11-14/h4-12,16,19H,1-3H3,(H,22,24). The summed E-state index contributed by atoms with van der Waals surface area (Å²) in [5, 5.41) is 10.0. The fourth-order valence-electron chi connectivity index (χ4n) is 2.62. The van der Waals surface area contributed by atoms with Gasteiger partial charge < -0.3 is 15.1 Å².